The van der Waals surface area contributed by atoms with E-state index in [1.807, 2.05) is 31.2 Å². The summed E-state index contributed by atoms with van der Waals surface area (Å²) in [5.41, 5.74) is 2.35. The highest BCUT2D eigenvalue weighted by Gasteiger charge is 1.94. The van der Waals surface area contributed by atoms with Crippen LogP contribution in [0.25, 0.3) is 0 Å². The molecule has 6 heteroatoms. The first-order chi connectivity index (χ1) is 15.9. The number of benzene rings is 3. The van der Waals surface area contributed by atoms with E-state index >= 15 is 0 Å². The molecule has 3 aromatic carbocycles. The summed E-state index contributed by atoms with van der Waals surface area (Å²) in [6.07, 6.45) is 2.41. The number of hydrogen-bond donors (Lipinski definition) is 1. The second kappa shape index (κ2) is 15.7. The Kier molecular flexibility index (Phi) is 12.8. The highest BCUT2D eigenvalue weighted by atomic mass is 16.5. The maximum absolute atomic E-state index is 10.4. The molecule has 0 aliphatic rings. The molecule has 0 radical (unpaired) electrons. The van der Waals surface area contributed by atoms with Crippen LogP contribution in [0.1, 0.15) is 34.1 Å². The molecule has 0 saturated carbocycles. The van der Waals surface area contributed by atoms with Crippen molar-refractivity contribution < 1.29 is 28.9 Å². The number of ether oxygens (including phenoxy) is 3. The Morgan fingerprint density at radius 1 is 0.758 bits per heavy atom. The minimum absolute atomic E-state index is 0.181. The largest absolute Gasteiger partial charge is 0.508 e. The zero-order valence-corrected chi connectivity index (χ0v) is 19.2. The lowest BCUT2D eigenvalue weighted by Gasteiger charge is -2.05. The van der Waals surface area contributed by atoms with Gasteiger partial charge in [0.1, 0.15) is 35.6 Å². The summed E-state index contributed by atoms with van der Waals surface area (Å²) in [7, 11) is 3.28. The van der Waals surface area contributed by atoms with Crippen molar-refractivity contribution >= 4 is 12.6 Å². The molecule has 33 heavy (non-hydrogen) atoms. The average Bonchev–Trinajstić information content (AvgIpc) is 2.85. The van der Waals surface area contributed by atoms with Gasteiger partial charge in [0.25, 0.3) is 0 Å². The summed E-state index contributed by atoms with van der Waals surface area (Å²) in [4.78, 5) is 20.4. The van der Waals surface area contributed by atoms with Crippen LogP contribution in [0.3, 0.4) is 0 Å². The van der Waals surface area contributed by atoms with Gasteiger partial charge < -0.3 is 19.3 Å². The van der Waals surface area contributed by atoms with Crippen molar-refractivity contribution in [1.82, 2.24) is 0 Å². The summed E-state index contributed by atoms with van der Waals surface area (Å²) < 4.78 is 15.4. The van der Waals surface area contributed by atoms with E-state index in [-0.39, 0.29) is 5.75 Å². The summed E-state index contributed by atoms with van der Waals surface area (Å²) in [5.74, 6) is 2.67. The smallest absolute Gasteiger partial charge is 0.150 e. The molecule has 6 nitrogen and oxygen atoms in total. The second-order valence-electron chi connectivity index (χ2n) is 6.83. The van der Waals surface area contributed by atoms with Crippen molar-refractivity contribution in [2.24, 2.45) is 0 Å². The topological polar surface area (TPSA) is 82.1 Å². The number of carbonyl (C=O) groups excluding carboxylic acids is 2. The summed E-state index contributed by atoms with van der Waals surface area (Å²) in [6, 6.07) is 20.6. The first-order valence-electron chi connectivity index (χ1n) is 10.2. The van der Waals surface area contributed by atoms with Crippen molar-refractivity contribution in [1.29, 1.82) is 0 Å². The molecule has 0 amide bonds. The highest BCUT2D eigenvalue weighted by molar-refractivity contribution is 5.75. The first-order valence-corrected chi connectivity index (χ1v) is 10.2. The highest BCUT2D eigenvalue weighted by Crippen LogP contribution is 2.16. The van der Waals surface area contributed by atoms with E-state index in [1.54, 1.807) is 50.6 Å². The Labute approximate surface area is 195 Å². The van der Waals surface area contributed by atoms with Gasteiger partial charge in [-0.25, -0.2) is 0 Å². The van der Waals surface area contributed by atoms with Crippen molar-refractivity contribution in [3.63, 3.8) is 0 Å². The Morgan fingerprint density at radius 3 is 1.52 bits per heavy atom. The molecular weight excluding hydrogens is 420 g/mol. The van der Waals surface area contributed by atoms with Gasteiger partial charge in [0.05, 0.1) is 20.8 Å². The van der Waals surface area contributed by atoms with Gasteiger partial charge in [0.15, 0.2) is 0 Å². The monoisotopic (exact) mass is 450 g/mol. The first kappa shape index (κ1) is 27.0. The molecule has 0 heterocycles. The maximum Gasteiger partial charge on any atom is 0.150 e. The van der Waals surface area contributed by atoms with Crippen molar-refractivity contribution in [3.05, 3.63) is 96.1 Å². The molecule has 0 atom stereocenters. The zero-order chi connectivity index (χ0) is 24.5. The fraction of sp³-hybridized carbons (Fsp3) is 0.185. The number of methoxy groups -OCH3 is 2. The molecule has 0 spiro atoms. The van der Waals surface area contributed by atoms with E-state index < -0.39 is 0 Å². The predicted molar refractivity (Wildman–Crippen MR) is 130 cm³/mol. The minimum atomic E-state index is 0.181. The molecule has 0 aromatic heterocycles. The molecule has 0 aliphatic heterocycles. The maximum atomic E-state index is 10.4. The standard InChI is InChI=1S/C12H14O2.C8H10O2.C7H6O2/c1-10(2)7-8-14-12-5-3-11(9-13)4-6-12;1-9-7-3-5-8(10-2)6-4-7;8-5-6-1-3-7(9)4-2-6/h3-6,9H,1,7-8H2,2H3;3-6H,1-2H3;1-5,9H. The molecule has 0 bridgehead atoms. The molecule has 0 fully saturated rings. The minimum Gasteiger partial charge on any atom is -0.508 e. The molecule has 174 valence electrons. The van der Waals surface area contributed by atoms with Crippen molar-refractivity contribution in [3.8, 4) is 23.0 Å². The SMILES string of the molecule is C=C(C)CCOc1ccc(C=O)cc1.COc1ccc(OC)cc1.O=Cc1ccc(O)cc1. The van der Waals surface area contributed by atoms with Crippen LogP contribution in [0.4, 0.5) is 0 Å². The molecule has 0 unspecified atom stereocenters. The quantitative estimate of drug-likeness (QED) is 0.347. The number of hydrogen-bond acceptors (Lipinski definition) is 6. The van der Waals surface area contributed by atoms with Gasteiger partial charge in [-0.05, 0) is 79.7 Å². The van der Waals surface area contributed by atoms with Crippen LogP contribution in [0.15, 0.2) is 84.9 Å². The third-order valence-electron chi connectivity index (χ3n) is 4.14. The Morgan fingerprint density at radius 2 is 1.15 bits per heavy atom. The van der Waals surface area contributed by atoms with Gasteiger partial charge in [0.2, 0.25) is 0 Å². The van der Waals surface area contributed by atoms with Crippen LogP contribution in [-0.2, 0) is 0 Å². The lowest BCUT2D eigenvalue weighted by Crippen LogP contribution is -1.97. The lowest BCUT2D eigenvalue weighted by atomic mass is 10.2. The molecule has 3 rings (SSSR count). The third kappa shape index (κ3) is 11.8. The van der Waals surface area contributed by atoms with Crippen LogP contribution in [0, 0.1) is 0 Å². The lowest BCUT2D eigenvalue weighted by molar-refractivity contribution is 0.111. The van der Waals surface area contributed by atoms with Crippen LogP contribution in [0.2, 0.25) is 0 Å². The van der Waals surface area contributed by atoms with E-state index in [4.69, 9.17) is 19.3 Å². The molecule has 0 aliphatic carbocycles. The van der Waals surface area contributed by atoms with E-state index in [0.717, 1.165) is 41.8 Å². The molecular formula is C27H30O6. The van der Waals surface area contributed by atoms with Gasteiger partial charge >= 0.3 is 0 Å². The van der Waals surface area contributed by atoms with Gasteiger partial charge in [-0.3, -0.25) is 9.59 Å². The fourth-order valence-electron chi connectivity index (χ4n) is 2.25. The van der Waals surface area contributed by atoms with Gasteiger partial charge in [-0.15, -0.1) is 6.58 Å². The summed E-state index contributed by atoms with van der Waals surface area (Å²) in [6.45, 7) is 6.39. The van der Waals surface area contributed by atoms with Crippen LogP contribution in [-0.4, -0.2) is 38.5 Å². The normalized spacial score (nSPS) is 9.18. The van der Waals surface area contributed by atoms with Crippen LogP contribution in [0.5, 0.6) is 23.0 Å². The number of rotatable bonds is 8. The Balaban J connectivity index is 0.000000255. The van der Waals surface area contributed by atoms with E-state index in [9.17, 15) is 9.59 Å². The average molecular weight is 451 g/mol. The van der Waals surface area contributed by atoms with Gasteiger partial charge in [-0.1, -0.05) is 5.57 Å². The van der Waals surface area contributed by atoms with Gasteiger partial charge in [-0.2, -0.15) is 0 Å². The fourth-order valence-corrected chi connectivity index (χ4v) is 2.25. The van der Waals surface area contributed by atoms with E-state index in [2.05, 4.69) is 6.58 Å². The van der Waals surface area contributed by atoms with Gasteiger partial charge in [0, 0.05) is 17.5 Å². The number of aromatic hydroxyl groups is 1. The van der Waals surface area contributed by atoms with Crippen LogP contribution >= 0.6 is 0 Å². The van der Waals surface area contributed by atoms with Crippen molar-refractivity contribution in [2.75, 3.05) is 20.8 Å². The summed E-state index contributed by atoms with van der Waals surface area (Å²) >= 11 is 0. The Bertz CT molecular complexity index is 938. The van der Waals surface area contributed by atoms with E-state index in [1.165, 1.54) is 12.1 Å². The number of phenols is 1. The molecule has 1 N–H and O–H groups in total. The third-order valence-corrected chi connectivity index (χ3v) is 4.14. The number of carbonyl (C=O) groups is 2. The molecule has 3 aromatic rings. The summed E-state index contributed by atoms with van der Waals surface area (Å²) in [5, 5.41) is 8.74. The van der Waals surface area contributed by atoms with Crippen molar-refractivity contribution in [2.45, 2.75) is 13.3 Å². The molecule has 0 saturated heterocycles. The predicted octanol–water partition coefficient (Wildman–Crippen LogP) is 5.75. The second-order valence-corrected chi connectivity index (χ2v) is 6.83. The zero-order valence-electron chi connectivity index (χ0n) is 19.2. The number of aldehydes is 2. The van der Waals surface area contributed by atoms with E-state index in [0.29, 0.717) is 17.7 Å². The Hall–Kier alpha value is -4.06. The number of phenolic OH excluding ortho intramolecular Hbond substituents is 1. The van der Waals surface area contributed by atoms with Crippen LogP contribution < -0.4 is 14.2 Å².